The summed E-state index contributed by atoms with van der Waals surface area (Å²) in [5.74, 6) is 1.07. The molecule has 0 saturated carbocycles. The molecule has 3 rings (SSSR count). The van der Waals surface area contributed by atoms with Crippen molar-refractivity contribution in [1.82, 2.24) is 10.3 Å². The average molecular weight is 393 g/mol. The van der Waals surface area contributed by atoms with Gasteiger partial charge in [0.05, 0.1) is 31.5 Å². The van der Waals surface area contributed by atoms with Crippen molar-refractivity contribution in [1.29, 1.82) is 5.26 Å². The number of hydrogen-bond donors (Lipinski definition) is 1. The van der Waals surface area contributed by atoms with Gasteiger partial charge >= 0.3 is 0 Å². The van der Waals surface area contributed by atoms with Crippen LogP contribution in [-0.4, -0.2) is 25.1 Å². The zero-order valence-electron chi connectivity index (χ0n) is 15.8. The molecule has 1 amide bonds. The standard InChI is InChI=1S/C21H19N3O3S/c1-13-19(20(25)23-12-15-6-4-14(11-22)5-7-15)28-21(24-13)16-8-9-17(26-2)18(10-16)27-3/h4-10H,12H2,1-3H3,(H,23,25). The third-order valence-electron chi connectivity index (χ3n) is 4.17. The van der Waals surface area contributed by atoms with Gasteiger partial charge in [-0.1, -0.05) is 12.1 Å². The summed E-state index contributed by atoms with van der Waals surface area (Å²) in [6, 6.07) is 14.7. The molecule has 0 spiro atoms. The van der Waals surface area contributed by atoms with E-state index in [0.29, 0.717) is 34.2 Å². The van der Waals surface area contributed by atoms with Crippen LogP contribution in [0.25, 0.3) is 10.6 Å². The molecule has 2 aromatic carbocycles. The molecule has 142 valence electrons. The lowest BCUT2D eigenvalue weighted by Gasteiger charge is -2.08. The molecule has 6 nitrogen and oxygen atoms in total. The second-order valence-electron chi connectivity index (χ2n) is 5.99. The number of nitrogens with zero attached hydrogens (tertiary/aromatic N) is 2. The van der Waals surface area contributed by atoms with Crippen molar-refractivity contribution < 1.29 is 14.3 Å². The van der Waals surface area contributed by atoms with Crippen LogP contribution < -0.4 is 14.8 Å². The SMILES string of the molecule is COc1ccc(-c2nc(C)c(C(=O)NCc3ccc(C#N)cc3)s2)cc1OC. The fraction of sp³-hybridized carbons (Fsp3) is 0.190. The maximum absolute atomic E-state index is 12.6. The van der Waals surface area contributed by atoms with Gasteiger partial charge in [-0.2, -0.15) is 5.26 Å². The van der Waals surface area contributed by atoms with Crippen LogP contribution in [0.15, 0.2) is 42.5 Å². The zero-order valence-corrected chi connectivity index (χ0v) is 16.6. The van der Waals surface area contributed by atoms with Gasteiger partial charge in [-0.25, -0.2) is 4.98 Å². The van der Waals surface area contributed by atoms with Crippen LogP contribution in [0.4, 0.5) is 0 Å². The molecule has 1 aromatic heterocycles. The predicted molar refractivity (Wildman–Crippen MR) is 108 cm³/mol. The molecule has 0 saturated heterocycles. The topological polar surface area (TPSA) is 84.2 Å². The van der Waals surface area contributed by atoms with Crippen molar-refractivity contribution in [3.8, 4) is 28.1 Å². The van der Waals surface area contributed by atoms with E-state index >= 15 is 0 Å². The highest BCUT2D eigenvalue weighted by Gasteiger charge is 2.17. The summed E-state index contributed by atoms with van der Waals surface area (Å²) in [7, 11) is 3.16. The zero-order chi connectivity index (χ0) is 20.1. The number of benzene rings is 2. The van der Waals surface area contributed by atoms with Crippen LogP contribution in [0.5, 0.6) is 11.5 Å². The number of hydrogen-bond acceptors (Lipinski definition) is 6. The number of methoxy groups -OCH3 is 2. The Bertz CT molecular complexity index is 1040. The maximum Gasteiger partial charge on any atom is 0.263 e. The molecule has 0 aliphatic carbocycles. The largest absolute Gasteiger partial charge is 0.493 e. The fourth-order valence-corrected chi connectivity index (χ4v) is 3.64. The van der Waals surface area contributed by atoms with Gasteiger partial charge in [0.2, 0.25) is 0 Å². The molecule has 1 N–H and O–H groups in total. The highest BCUT2D eigenvalue weighted by atomic mass is 32.1. The number of aryl methyl sites for hydroxylation is 1. The van der Waals surface area contributed by atoms with E-state index in [1.807, 2.05) is 37.3 Å². The molecule has 1 heterocycles. The Morgan fingerprint density at radius 2 is 1.86 bits per heavy atom. The Balaban J connectivity index is 1.76. The second kappa shape index (κ2) is 8.55. The first kappa shape index (κ1) is 19.4. The molecule has 3 aromatic rings. The number of nitrogens with one attached hydrogen (secondary N) is 1. The minimum Gasteiger partial charge on any atom is -0.493 e. The molecule has 0 unspecified atom stereocenters. The van der Waals surface area contributed by atoms with Crippen LogP contribution in [-0.2, 0) is 6.54 Å². The molecule has 0 fully saturated rings. The van der Waals surface area contributed by atoms with Crippen molar-refractivity contribution >= 4 is 17.2 Å². The molecule has 0 aliphatic rings. The van der Waals surface area contributed by atoms with Gasteiger partial charge in [0.1, 0.15) is 9.88 Å². The van der Waals surface area contributed by atoms with E-state index in [2.05, 4.69) is 16.4 Å². The fourth-order valence-electron chi connectivity index (χ4n) is 2.66. The Labute approximate surface area is 167 Å². The molecule has 0 aliphatic heterocycles. The number of rotatable bonds is 6. The molecule has 0 atom stereocenters. The number of aromatic nitrogens is 1. The highest BCUT2D eigenvalue weighted by molar-refractivity contribution is 7.17. The highest BCUT2D eigenvalue weighted by Crippen LogP contribution is 2.34. The van der Waals surface area contributed by atoms with Gasteiger partial charge in [0.25, 0.3) is 5.91 Å². The van der Waals surface area contributed by atoms with E-state index in [4.69, 9.17) is 14.7 Å². The lowest BCUT2D eigenvalue weighted by molar-refractivity contribution is 0.0954. The van der Waals surface area contributed by atoms with Crippen LogP contribution in [0, 0.1) is 18.3 Å². The first-order valence-electron chi connectivity index (χ1n) is 8.52. The van der Waals surface area contributed by atoms with E-state index in [1.54, 1.807) is 26.4 Å². The maximum atomic E-state index is 12.6. The molecule has 0 bridgehead atoms. The summed E-state index contributed by atoms with van der Waals surface area (Å²) in [6.07, 6.45) is 0. The second-order valence-corrected chi connectivity index (χ2v) is 6.99. The number of carbonyl (C=O) groups is 1. The third-order valence-corrected chi connectivity index (χ3v) is 5.37. The smallest absolute Gasteiger partial charge is 0.263 e. The number of amides is 1. The Morgan fingerprint density at radius 1 is 1.14 bits per heavy atom. The van der Waals surface area contributed by atoms with Crippen LogP contribution in [0.3, 0.4) is 0 Å². The molecule has 7 heteroatoms. The molecular formula is C21H19N3O3S. The monoisotopic (exact) mass is 393 g/mol. The lowest BCUT2D eigenvalue weighted by atomic mass is 10.1. The molecular weight excluding hydrogens is 374 g/mol. The van der Waals surface area contributed by atoms with E-state index in [0.717, 1.165) is 16.1 Å². The van der Waals surface area contributed by atoms with Crippen molar-refractivity contribution in [3.63, 3.8) is 0 Å². The van der Waals surface area contributed by atoms with Gasteiger partial charge in [-0.3, -0.25) is 4.79 Å². The summed E-state index contributed by atoms with van der Waals surface area (Å²) in [5, 5.41) is 12.5. The summed E-state index contributed by atoms with van der Waals surface area (Å²) in [5.41, 5.74) is 3.05. The van der Waals surface area contributed by atoms with E-state index < -0.39 is 0 Å². The van der Waals surface area contributed by atoms with Crippen molar-refractivity contribution in [2.45, 2.75) is 13.5 Å². The Hall–Kier alpha value is -3.37. The van der Waals surface area contributed by atoms with Gasteiger partial charge in [0.15, 0.2) is 11.5 Å². The first-order chi connectivity index (χ1) is 13.5. The minimum atomic E-state index is -0.175. The lowest BCUT2D eigenvalue weighted by Crippen LogP contribution is -2.22. The van der Waals surface area contributed by atoms with Gasteiger partial charge in [-0.05, 0) is 42.8 Å². The number of nitriles is 1. The van der Waals surface area contributed by atoms with Crippen molar-refractivity contribution in [2.75, 3.05) is 14.2 Å². The quantitative estimate of drug-likeness (QED) is 0.686. The summed E-state index contributed by atoms with van der Waals surface area (Å²) >= 11 is 1.33. The number of ether oxygens (including phenoxy) is 2. The van der Waals surface area contributed by atoms with E-state index in [1.165, 1.54) is 11.3 Å². The van der Waals surface area contributed by atoms with Gasteiger partial charge < -0.3 is 14.8 Å². The summed E-state index contributed by atoms with van der Waals surface area (Å²) in [4.78, 5) is 17.7. The third kappa shape index (κ3) is 4.13. The Kier molecular flexibility index (Phi) is 5.92. The number of carbonyl (C=O) groups excluding carboxylic acids is 1. The van der Waals surface area contributed by atoms with Crippen molar-refractivity contribution in [3.05, 3.63) is 64.2 Å². The summed E-state index contributed by atoms with van der Waals surface area (Å²) in [6.45, 7) is 2.20. The van der Waals surface area contributed by atoms with E-state index in [9.17, 15) is 4.79 Å². The molecule has 28 heavy (non-hydrogen) atoms. The normalized spacial score (nSPS) is 10.2. The van der Waals surface area contributed by atoms with Gasteiger partial charge in [-0.15, -0.1) is 11.3 Å². The number of thiazole rings is 1. The van der Waals surface area contributed by atoms with Crippen LogP contribution in [0.1, 0.15) is 26.5 Å². The molecule has 0 radical (unpaired) electrons. The van der Waals surface area contributed by atoms with Crippen LogP contribution in [0.2, 0.25) is 0 Å². The summed E-state index contributed by atoms with van der Waals surface area (Å²) < 4.78 is 10.6. The Morgan fingerprint density at radius 3 is 2.50 bits per heavy atom. The first-order valence-corrected chi connectivity index (χ1v) is 9.34. The van der Waals surface area contributed by atoms with Gasteiger partial charge in [0, 0.05) is 12.1 Å². The predicted octanol–water partition coefficient (Wildman–Crippen LogP) is 3.94. The van der Waals surface area contributed by atoms with Crippen LogP contribution >= 0.6 is 11.3 Å². The van der Waals surface area contributed by atoms with Crippen molar-refractivity contribution in [2.24, 2.45) is 0 Å². The minimum absolute atomic E-state index is 0.175. The van der Waals surface area contributed by atoms with E-state index in [-0.39, 0.29) is 5.91 Å². The average Bonchev–Trinajstić information content (AvgIpc) is 3.13.